The van der Waals surface area contributed by atoms with Crippen molar-refractivity contribution >= 4 is 32.6 Å². The maximum absolute atomic E-state index is 16.1. The molecule has 5 rings (SSSR count). The fourth-order valence-electron chi connectivity index (χ4n) is 4.75. The smallest absolute Gasteiger partial charge is 0.326 e. The molecular formula is C27H29F2N3O5S. The average molecular weight is 546 g/mol. The molecule has 3 aromatic carbocycles. The molecule has 2 aliphatic rings. The van der Waals surface area contributed by atoms with Gasteiger partial charge in [0.2, 0.25) is 0 Å². The molecule has 8 nitrogen and oxygen atoms in total. The Labute approximate surface area is 220 Å². The Balaban J connectivity index is 1.48. The summed E-state index contributed by atoms with van der Waals surface area (Å²) in [5.74, 6) is -1.46. The molecule has 0 aliphatic carbocycles. The van der Waals surface area contributed by atoms with Gasteiger partial charge in [-0.1, -0.05) is 36.4 Å². The summed E-state index contributed by atoms with van der Waals surface area (Å²) in [5.41, 5.74) is -1.10. The maximum Gasteiger partial charge on any atom is 0.326 e. The summed E-state index contributed by atoms with van der Waals surface area (Å²) in [5, 5.41) is 0.488. The molecule has 2 saturated heterocycles. The molecule has 2 fully saturated rings. The topological polar surface area (TPSA) is 88.2 Å². The molecule has 11 heteroatoms. The van der Waals surface area contributed by atoms with E-state index in [1.807, 2.05) is 53.8 Å². The van der Waals surface area contributed by atoms with E-state index in [1.165, 1.54) is 12.1 Å². The number of nitrogens with one attached hydrogen (secondary N) is 1. The van der Waals surface area contributed by atoms with E-state index in [0.29, 0.717) is 22.7 Å². The van der Waals surface area contributed by atoms with Gasteiger partial charge in [-0.25, -0.2) is 17.8 Å². The molecule has 2 aliphatic heterocycles. The van der Waals surface area contributed by atoms with Crippen molar-refractivity contribution in [2.75, 3.05) is 30.5 Å². The van der Waals surface area contributed by atoms with Crippen LogP contribution in [0.3, 0.4) is 0 Å². The molecule has 0 bridgehead atoms. The molecule has 3 aromatic rings. The second kappa shape index (κ2) is 10.0. The minimum Gasteiger partial charge on any atom is -0.490 e. The molecule has 0 spiro atoms. The summed E-state index contributed by atoms with van der Waals surface area (Å²) in [4.78, 5) is 14.0. The fourth-order valence-corrected chi connectivity index (χ4v) is 5.91. The number of nitrogens with zero attached hydrogens (tertiary/aromatic N) is 2. The number of anilines is 1. The molecule has 0 saturated carbocycles. The van der Waals surface area contributed by atoms with Gasteiger partial charge in [-0.2, -0.15) is 8.42 Å². The second-order valence-electron chi connectivity index (χ2n) is 9.99. The first kappa shape index (κ1) is 26.2. The highest BCUT2D eigenvalue weighted by Gasteiger charge is 2.40. The van der Waals surface area contributed by atoms with Crippen LogP contribution in [0.4, 0.5) is 14.5 Å². The molecule has 1 unspecified atom stereocenters. The summed E-state index contributed by atoms with van der Waals surface area (Å²) >= 11 is 0. The van der Waals surface area contributed by atoms with Crippen LogP contribution in [0.1, 0.15) is 25.8 Å². The average Bonchev–Trinajstić information content (AvgIpc) is 3.40. The van der Waals surface area contributed by atoms with E-state index < -0.39 is 34.1 Å². The molecule has 2 heterocycles. The summed E-state index contributed by atoms with van der Waals surface area (Å²) in [6.45, 7) is 4.20. The first-order valence-electron chi connectivity index (χ1n) is 12.4. The lowest BCUT2D eigenvalue weighted by molar-refractivity contribution is -0.117. The predicted octanol–water partition coefficient (Wildman–Crippen LogP) is 3.94. The second-order valence-corrected chi connectivity index (χ2v) is 11.6. The summed E-state index contributed by atoms with van der Waals surface area (Å²) in [6.07, 6.45) is 0.341. The number of ether oxygens (including phenoxy) is 2. The van der Waals surface area contributed by atoms with Crippen molar-refractivity contribution in [2.45, 2.75) is 38.6 Å². The van der Waals surface area contributed by atoms with E-state index in [2.05, 4.69) is 0 Å². The minimum atomic E-state index is -4.31. The van der Waals surface area contributed by atoms with Crippen LogP contribution in [0, 0.1) is 5.82 Å². The Kier molecular flexibility index (Phi) is 6.91. The van der Waals surface area contributed by atoms with Gasteiger partial charge >= 0.3 is 10.2 Å². The van der Waals surface area contributed by atoms with Gasteiger partial charge in [0.05, 0.1) is 0 Å². The van der Waals surface area contributed by atoms with Gasteiger partial charge in [-0.3, -0.25) is 9.69 Å². The van der Waals surface area contributed by atoms with Gasteiger partial charge in [0.25, 0.3) is 5.91 Å². The number of hydrogen-bond donors (Lipinski definition) is 1. The van der Waals surface area contributed by atoms with Gasteiger partial charge in [-0.15, -0.1) is 0 Å². The quantitative estimate of drug-likeness (QED) is 0.462. The number of rotatable bonds is 8. The third kappa shape index (κ3) is 5.25. The molecule has 0 radical (unpaired) electrons. The van der Waals surface area contributed by atoms with E-state index in [0.717, 1.165) is 5.56 Å². The van der Waals surface area contributed by atoms with Crippen LogP contribution < -0.4 is 18.5 Å². The van der Waals surface area contributed by atoms with Gasteiger partial charge in [0.1, 0.15) is 36.9 Å². The molecule has 1 atom stereocenters. The zero-order valence-electron chi connectivity index (χ0n) is 21.1. The van der Waals surface area contributed by atoms with Crippen LogP contribution in [0.25, 0.3) is 10.8 Å². The Hall–Kier alpha value is -3.44. The minimum absolute atomic E-state index is 0.0324. The lowest BCUT2D eigenvalue weighted by Crippen LogP contribution is -2.37. The lowest BCUT2D eigenvalue weighted by Gasteiger charge is -2.24. The Morgan fingerprint density at radius 2 is 1.87 bits per heavy atom. The fraction of sp³-hybridized carbons (Fsp3) is 0.370. The van der Waals surface area contributed by atoms with Gasteiger partial charge in [0, 0.05) is 24.5 Å². The number of hydrogen-bond acceptors (Lipinski definition) is 6. The SMILES string of the molecule is CC(C)N1CCC(F)(COc2ccc3cc(OCc4ccccc4)c(N4CC(=O)NS4(=O)=O)c(F)c3c2)C1. The third-order valence-electron chi connectivity index (χ3n) is 6.86. The predicted molar refractivity (Wildman–Crippen MR) is 140 cm³/mol. The first-order valence-corrected chi connectivity index (χ1v) is 13.8. The number of fused-ring (bicyclic) bond motifs is 1. The molecule has 1 N–H and O–H groups in total. The van der Waals surface area contributed by atoms with Gasteiger partial charge < -0.3 is 9.47 Å². The molecule has 202 valence electrons. The number of carbonyl (C=O) groups excluding carboxylic acids is 1. The van der Waals surface area contributed by atoms with Crippen molar-refractivity contribution in [3.8, 4) is 11.5 Å². The maximum atomic E-state index is 16.1. The summed E-state index contributed by atoms with van der Waals surface area (Å²) in [6, 6.07) is 15.5. The highest BCUT2D eigenvalue weighted by Crippen LogP contribution is 2.41. The van der Waals surface area contributed by atoms with Crippen molar-refractivity contribution < 1.29 is 31.5 Å². The van der Waals surface area contributed by atoms with E-state index >= 15 is 8.78 Å². The van der Waals surface area contributed by atoms with Crippen LogP contribution in [0.5, 0.6) is 11.5 Å². The van der Waals surface area contributed by atoms with E-state index in [-0.39, 0.29) is 48.4 Å². The van der Waals surface area contributed by atoms with Crippen molar-refractivity contribution in [3.05, 3.63) is 66.0 Å². The van der Waals surface area contributed by atoms with E-state index in [9.17, 15) is 13.2 Å². The lowest BCUT2D eigenvalue weighted by atomic mass is 10.1. The number of likely N-dealkylation sites (tertiary alicyclic amines) is 1. The van der Waals surface area contributed by atoms with Gasteiger partial charge in [-0.05, 0) is 49.4 Å². The molecule has 0 aromatic heterocycles. The van der Waals surface area contributed by atoms with Crippen LogP contribution in [0.15, 0.2) is 54.6 Å². The number of halogens is 2. The number of amides is 1. The Bertz CT molecular complexity index is 1470. The molecule has 38 heavy (non-hydrogen) atoms. The van der Waals surface area contributed by atoms with Crippen molar-refractivity contribution in [1.82, 2.24) is 9.62 Å². The summed E-state index contributed by atoms with van der Waals surface area (Å²) < 4.78 is 70.7. The van der Waals surface area contributed by atoms with Gasteiger partial charge in [0.15, 0.2) is 11.5 Å². The monoisotopic (exact) mass is 545 g/mol. The Morgan fingerprint density at radius 3 is 2.53 bits per heavy atom. The van der Waals surface area contributed by atoms with Crippen molar-refractivity contribution in [2.24, 2.45) is 0 Å². The standard InChI is InChI=1S/C27H29F2N3O5S/c1-18(2)31-11-10-27(29,16-31)17-37-21-9-8-20-12-23(36-15-19-6-4-3-5-7-19)26(25(28)22(20)13-21)32-14-24(33)30-38(32,34)35/h3-9,12-13,18H,10-11,14-17H2,1-2H3,(H,30,33). The Morgan fingerprint density at radius 1 is 1.11 bits per heavy atom. The van der Waals surface area contributed by atoms with E-state index in [4.69, 9.17) is 9.47 Å². The van der Waals surface area contributed by atoms with Crippen LogP contribution >= 0.6 is 0 Å². The normalized spacial score (nSPS) is 21.3. The van der Waals surface area contributed by atoms with Crippen LogP contribution in [-0.2, 0) is 21.6 Å². The number of alkyl halides is 1. The highest BCUT2D eigenvalue weighted by atomic mass is 32.2. The number of carbonyl (C=O) groups is 1. The van der Waals surface area contributed by atoms with E-state index in [1.54, 1.807) is 12.1 Å². The third-order valence-corrected chi connectivity index (χ3v) is 8.23. The molecular weight excluding hydrogens is 516 g/mol. The molecule has 1 amide bonds. The highest BCUT2D eigenvalue weighted by molar-refractivity contribution is 7.92. The first-order chi connectivity index (χ1) is 18.0. The zero-order chi connectivity index (χ0) is 27.1. The zero-order valence-corrected chi connectivity index (χ0v) is 21.9. The van der Waals surface area contributed by atoms with Crippen LogP contribution in [-0.4, -0.2) is 57.2 Å². The van der Waals surface area contributed by atoms with Crippen molar-refractivity contribution in [3.63, 3.8) is 0 Å². The van der Waals surface area contributed by atoms with Crippen LogP contribution in [0.2, 0.25) is 0 Å². The summed E-state index contributed by atoms with van der Waals surface area (Å²) in [7, 11) is -4.31. The number of benzene rings is 3. The largest absolute Gasteiger partial charge is 0.490 e. The van der Waals surface area contributed by atoms with Crippen molar-refractivity contribution in [1.29, 1.82) is 0 Å².